The number of benzene rings is 4. The highest BCUT2D eigenvalue weighted by atomic mass is 33.5. The fourth-order valence-corrected chi connectivity index (χ4v) is 64.4. The number of fused-ring (bicyclic) bond motifs is 3. The predicted molar refractivity (Wildman–Crippen MR) is 302 cm³/mol. The molecule has 0 amide bonds. The maximum atomic E-state index is 6.20. The van der Waals surface area contributed by atoms with Crippen molar-refractivity contribution < 1.29 is 0 Å². The summed E-state index contributed by atoms with van der Waals surface area (Å²) in [5.41, 5.74) is 12.8. The Hall–Kier alpha value is 2.20. The summed E-state index contributed by atoms with van der Waals surface area (Å²) in [5, 5.41) is 2.54. The van der Waals surface area contributed by atoms with E-state index in [2.05, 4.69) is 83.4 Å². The molecule has 5 rings (SSSR count). The fraction of sp³-hybridized carbons (Fsp3) is 0. The molecule has 280 valence electrons. The topological polar surface area (TPSA) is 30.9 Å². The molecule has 28 heteroatoms. The van der Waals surface area contributed by atoms with Crippen molar-refractivity contribution in [2.75, 3.05) is 5.73 Å². The number of hydrogen-bond donors (Lipinski definition) is 1. The molecule has 1 heterocycles. The van der Waals surface area contributed by atoms with Crippen molar-refractivity contribution in [1.82, 2.24) is 4.57 Å². The van der Waals surface area contributed by atoms with E-state index in [0.29, 0.717) is 0 Å². The standard InChI is InChI=1S/C24H18N2.S26/c25-22-13-4-1-10-19(22)17-8-7-9-18(16-17)26-23-14-5-2-11-20(23)21-12-3-6-15-24(21)26;1-3-5-7-9-11-13-15-17-19-21-23-25-26-24-22-20-18-16-14-12-10-8-6-4-2/h1-16H,25H2;. The van der Waals surface area contributed by atoms with E-state index in [0.717, 1.165) is 22.5 Å². The van der Waals surface area contributed by atoms with E-state index in [1.807, 2.05) is 89.2 Å². The van der Waals surface area contributed by atoms with Crippen LogP contribution in [0, 0.1) is 0 Å². The lowest BCUT2D eigenvalue weighted by atomic mass is 10.0. The second-order valence-electron chi connectivity index (χ2n) is 8.14. The molecule has 0 aliphatic heterocycles. The van der Waals surface area contributed by atoms with Crippen LogP contribution in [0.15, 0.2) is 97.1 Å². The highest BCUT2D eigenvalue weighted by molar-refractivity contribution is 8.79. The Morgan fingerprint density at radius 1 is 0.385 bits per heavy atom. The van der Waals surface area contributed by atoms with Gasteiger partial charge in [0.15, 0.2) is 0 Å². The van der Waals surface area contributed by atoms with Gasteiger partial charge in [-0.05, 0) is 35.9 Å². The molecule has 0 atom stereocenters. The Morgan fingerprint density at radius 2 is 0.750 bits per heavy atom. The minimum absolute atomic E-state index is 0.798. The van der Waals surface area contributed by atoms with E-state index in [1.54, 1.807) is 124 Å². The van der Waals surface area contributed by atoms with Gasteiger partial charge in [-0.3, -0.25) is 0 Å². The summed E-state index contributed by atoms with van der Waals surface area (Å²) in [4.78, 5) is 0. The number of aromatic nitrogens is 1. The van der Waals surface area contributed by atoms with Crippen molar-refractivity contribution in [2.24, 2.45) is 0 Å². The van der Waals surface area contributed by atoms with Gasteiger partial charge in [-0.15, -0.1) is 0 Å². The summed E-state index contributed by atoms with van der Waals surface area (Å²) < 4.78 is 2.33. The van der Waals surface area contributed by atoms with Gasteiger partial charge in [0, 0.05) is 263 Å². The smallest absolute Gasteiger partial charge is 0.0541 e. The lowest BCUT2D eigenvalue weighted by Gasteiger charge is -2.11. The van der Waals surface area contributed by atoms with Crippen LogP contribution < -0.4 is 5.73 Å². The summed E-state index contributed by atoms with van der Waals surface area (Å²) in [6.07, 6.45) is 0. The van der Waals surface area contributed by atoms with Gasteiger partial charge in [-0.1, -0.05) is 66.7 Å². The highest BCUT2D eigenvalue weighted by Crippen LogP contribution is 2.33. The van der Waals surface area contributed by atoms with Gasteiger partial charge in [0.2, 0.25) is 0 Å². The number of nitrogens with zero attached hydrogens (tertiary/aromatic N) is 1. The van der Waals surface area contributed by atoms with Gasteiger partial charge >= 0.3 is 0 Å². The summed E-state index contributed by atoms with van der Waals surface area (Å²) >= 11 is 9.55. The number of rotatable bonds is 2. The first-order valence-corrected chi connectivity index (χ1v) is 46.3. The minimum atomic E-state index is 0.798. The molecule has 0 saturated heterocycles. The Kier molecular flexibility index (Phi) is 27.3. The molecule has 0 radical (unpaired) electrons. The molecule has 0 bridgehead atoms. The van der Waals surface area contributed by atoms with E-state index >= 15 is 0 Å². The molecule has 52 heavy (non-hydrogen) atoms. The Balaban J connectivity index is 0.000000233. The Bertz CT molecular complexity index is 3050. The van der Waals surface area contributed by atoms with Crippen LogP contribution in [0.25, 0.3) is 38.6 Å². The molecule has 0 aliphatic carbocycles. The molecular weight excluding hydrogens is 1150 g/mol. The van der Waals surface area contributed by atoms with E-state index in [1.165, 1.54) is 39.6 Å². The lowest BCUT2D eigenvalue weighted by Crippen LogP contribution is -1.95. The fourth-order valence-electron chi connectivity index (χ4n) is 4.02. The average molecular weight is 1170 g/mol. The molecular formula is C24H18N2S26. The van der Waals surface area contributed by atoms with Crippen molar-refractivity contribution in [1.29, 1.82) is 0 Å². The second-order valence-corrected chi connectivity index (χ2v) is 50.6. The van der Waals surface area contributed by atoms with Crippen molar-refractivity contribution in [3.05, 3.63) is 97.1 Å². The van der Waals surface area contributed by atoms with Crippen LogP contribution in [0.5, 0.6) is 0 Å². The van der Waals surface area contributed by atoms with Crippen molar-refractivity contribution in [3.63, 3.8) is 0 Å². The van der Waals surface area contributed by atoms with Gasteiger partial charge in [0.05, 0.1) is 11.0 Å². The van der Waals surface area contributed by atoms with Crippen LogP contribution >= 0.6 is 0 Å². The monoisotopic (exact) mass is 1170 g/mol. The summed E-state index contributed by atoms with van der Waals surface area (Å²) in [6, 6.07) is 33.7. The summed E-state index contributed by atoms with van der Waals surface area (Å²) in [6.45, 7) is 0. The SMILES string of the molecule is Nc1ccccc1-c1cccc(-n2c3ccccc3c3ccccc32)c1.S=S=S=S=S=S=S=S=S=S=S=S=S=S=S=S=S=S=S=S=S=S=S=S=S=S. The van der Waals surface area contributed by atoms with Crippen LogP contribution in [0.2, 0.25) is 0 Å². The zero-order valence-corrected chi connectivity index (χ0v) is 46.1. The van der Waals surface area contributed by atoms with Gasteiger partial charge in [-0.25, -0.2) is 0 Å². The summed E-state index contributed by atoms with van der Waals surface area (Å²) in [5.74, 6) is 0. The van der Waals surface area contributed by atoms with Gasteiger partial charge in [-0.2, -0.15) is 0 Å². The third-order valence-corrected chi connectivity index (χ3v) is 56.7. The van der Waals surface area contributed by atoms with Crippen LogP contribution in [-0.2, 0) is 236 Å². The zero-order chi connectivity index (χ0) is 36.5. The van der Waals surface area contributed by atoms with E-state index in [4.69, 9.17) is 28.1 Å². The first-order chi connectivity index (χ1) is 25.7. The number of para-hydroxylation sites is 3. The first kappa shape index (κ1) is 46.9. The maximum Gasteiger partial charge on any atom is 0.0541 e. The Labute approximate surface area is 379 Å². The number of anilines is 1. The van der Waals surface area contributed by atoms with Crippen molar-refractivity contribution in [3.8, 4) is 16.8 Å². The number of nitrogens with two attached hydrogens (primary N) is 1. The van der Waals surface area contributed by atoms with Gasteiger partial charge < -0.3 is 10.3 Å². The predicted octanol–water partition coefficient (Wildman–Crippen LogP) is 5.97. The molecule has 0 saturated carbocycles. The first-order valence-electron chi connectivity index (χ1n) is 12.9. The zero-order valence-electron chi connectivity index (χ0n) is 24.9. The van der Waals surface area contributed by atoms with Gasteiger partial charge in [0.25, 0.3) is 0 Å². The average Bonchev–Trinajstić information content (AvgIpc) is 3.52. The normalized spacial score (nSPS) is 9.38. The van der Waals surface area contributed by atoms with Crippen LogP contribution in [0.3, 0.4) is 0 Å². The molecule has 0 aliphatic rings. The van der Waals surface area contributed by atoms with E-state index in [-0.39, 0.29) is 0 Å². The maximum absolute atomic E-state index is 6.20. The third-order valence-electron chi connectivity index (χ3n) is 5.60. The number of hydrogen-bond acceptors (Lipinski definition) is 3. The minimum Gasteiger partial charge on any atom is -0.398 e. The molecule has 2 nitrogen and oxygen atoms in total. The summed E-state index contributed by atoms with van der Waals surface area (Å²) in [7, 11) is 41.8. The van der Waals surface area contributed by atoms with Crippen LogP contribution in [0.4, 0.5) is 5.69 Å². The van der Waals surface area contributed by atoms with E-state index in [9.17, 15) is 0 Å². The lowest BCUT2D eigenvalue weighted by molar-refractivity contribution is 1.18. The molecule has 0 spiro atoms. The second kappa shape index (κ2) is 30.3. The molecule has 5 aromatic rings. The van der Waals surface area contributed by atoms with Crippen molar-refractivity contribution in [2.45, 2.75) is 0 Å². The van der Waals surface area contributed by atoms with Crippen LogP contribution in [0.1, 0.15) is 0 Å². The molecule has 0 unspecified atom stereocenters. The highest BCUT2D eigenvalue weighted by Gasteiger charge is 2.12. The Morgan fingerprint density at radius 3 is 1.15 bits per heavy atom. The van der Waals surface area contributed by atoms with E-state index < -0.39 is 0 Å². The van der Waals surface area contributed by atoms with Crippen molar-refractivity contribution >= 4 is 263 Å². The molecule has 2 N–H and O–H groups in total. The third kappa shape index (κ3) is 17.6. The molecule has 0 fully saturated rings. The number of nitrogen functional groups attached to an aromatic ring is 1. The van der Waals surface area contributed by atoms with Crippen LogP contribution in [-0.4, -0.2) is 4.57 Å². The van der Waals surface area contributed by atoms with Gasteiger partial charge in [0.1, 0.15) is 0 Å². The quantitative estimate of drug-likeness (QED) is 0.222. The molecule has 1 aromatic heterocycles. The largest absolute Gasteiger partial charge is 0.398 e. The molecule has 4 aromatic carbocycles.